The van der Waals surface area contributed by atoms with Crippen LogP contribution < -0.4 is 0 Å². The number of thiazole rings is 1. The van der Waals surface area contributed by atoms with E-state index in [1.807, 2.05) is 11.3 Å². The molecular weight excluding hydrogens is 254 g/mol. The van der Waals surface area contributed by atoms with Gasteiger partial charge in [0.15, 0.2) is 0 Å². The van der Waals surface area contributed by atoms with E-state index in [1.54, 1.807) is 0 Å². The second-order valence-corrected chi connectivity index (χ2v) is 8.28. The highest BCUT2D eigenvalue weighted by molar-refractivity contribution is 7.11. The Labute approximate surface area is 119 Å². The lowest BCUT2D eigenvalue weighted by atomic mass is 9.50. The molecule has 3 heteroatoms. The van der Waals surface area contributed by atoms with Crippen LogP contribution in [-0.2, 0) is 11.8 Å². The van der Waals surface area contributed by atoms with Gasteiger partial charge < -0.3 is 5.11 Å². The summed E-state index contributed by atoms with van der Waals surface area (Å²) >= 11 is 1.90. The van der Waals surface area contributed by atoms with Gasteiger partial charge in [-0.3, -0.25) is 0 Å². The highest BCUT2D eigenvalue weighted by Crippen LogP contribution is 2.61. The van der Waals surface area contributed by atoms with Crippen LogP contribution >= 0.6 is 11.3 Å². The zero-order chi connectivity index (χ0) is 13.0. The Bertz CT molecular complexity index is 458. The molecule has 4 saturated carbocycles. The van der Waals surface area contributed by atoms with Crippen molar-refractivity contribution in [2.75, 3.05) is 6.61 Å². The summed E-state index contributed by atoms with van der Waals surface area (Å²) in [5.41, 5.74) is 1.60. The molecule has 1 aromatic rings. The molecule has 1 heterocycles. The number of hydrogen-bond acceptors (Lipinski definition) is 3. The van der Waals surface area contributed by atoms with Gasteiger partial charge in [0.1, 0.15) is 0 Å². The fraction of sp³-hybridized carbons (Fsp3) is 0.812. The maximum atomic E-state index is 9.17. The number of nitrogens with zero attached hydrogens (tertiary/aromatic N) is 1. The SMILES string of the molecule is Cc1nc(C23CC4CC(CC(C4)C2)C3)sc1CCO. The van der Waals surface area contributed by atoms with Crippen LogP contribution in [0.15, 0.2) is 0 Å². The molecule has 4 bridgehead atoms. The average molecular weight is 277 g/mol. The average Bonchev–Trinajstić information content (AvgIpc) is 2.70. The maximum absolute atomic E-state index is 9.17. The Morgan fingerprint density at radius 1 is 1.16 bits per heavy atom. The molecule has 0 atom stereocenters. The van der Waals surface area contributed by atoms with E-state index in [0.717, 1.165) is 24.2 Å². The van der Waals surface area contributed by atoms with Crippen molar-refractivity contribution >= 4 is 11.3 Å². The second-order valence-electron chi connectivity index (χ2n) is 7.20. The summed E-state index contributed by atoms with van der Waals surface area (Å²) in [6, 6.07) is 0. The number of rotatable bonds is 3. The van der Waals surface area contributed by atoms with Crippen molar-refractivity contribution in [3.05, 3.63) is 15.6 Å². The Kier molecular flexibility index (Phi) is 2.79. The molecule has 0 spiro atoms. The van der Waals surface area contributed by atoms with Gasteiger partial charge in [0.05, 0.1) is 10.7 Å². The maximum Gasteiger partial charge on any atom is 0.0993 e. The molecule has 1 aromatic heterocycles. The zero-order valence-corrected chi connectivity index (χ0v) is 12.5. The number of hydrogen-bond donors (Lipinski definition) is 1. The first-order chi connectivity index (χ1) is 9.18. The molecule has 2 nitrogen and oxygen atoms in total. The molecule has 0 amide bonds. The standard InChI is InChI=1S/C16H23NOS/c1-10-14(2-3-18)19-15(17-10)16-7-11-4-12(8-16)6-13(5-11)9-16/h11-13,18H,2-9H2,1H3. The quantitative estimate of drug-likeness (QED) is 0.918. The van der Waals surface area contributed by atoms with Crippen LogP contribution in [0.25, 0.3) is 0 Å². The van der Waals surface area contributed by atoms with Gasteiger partial charge in [-0.25, -0.2) is 4.98 Å². The lowest BCUT2D eigenvalue weighted by Crippen LogP contribution is -2.48. The number of aromatic nitrogens is 1. The Morgan fingerprint density at radius 3 is 2.26 bits per heavy atom. The van der Waals surface area contributed by atoms with Gasteiger partial charge in [-0.1, -0.05) is 0 Å². The van der Waals surface area contributed by atoms with E-state index in [2.05, 4.69) is 6.92 Å². The number of aliphatic hydroxyl groups excluding tert-OH is 1. The van der Waals surface area contributed by atoms with Crippen LogP contribution in [0.4, 0.5) is 0 Å². The van der Waals surface area contributed by atoms with Crippen LogP contribution in [-0.4, -0.2) is 16.7 Å². The van der Waals surface area contributed by atoms with E-state index in [-0.39, 0.29) is 6.61 Å². The Morgan fingerprint density at radius 2 is 1.74 bits per heavy atom. The molecule has 4 aliphatic rings. The first-order valence-electron chi connectivity index (χ1n) is 7.76. The van der Waals surface area contributed by atoms with Gasteiger partial charge in [-0.05, 0) is 63.2 Å². The minimum Gasteiger partial charge on any atom is -0.396 e. The monoisotopic (exact) mass is 277 g/mol. The summed E-state index contributed by atoms with van der Waals surface area (Å²) < 4.78 is 0. The van der Waals surface area contributed by atoms with Gasteiger partial charge >= 0.3 is 0 Å². The van der Waals surface area contributed by atoms with E-state index in [1.165, 1.54) is 54.1 Å². The van der Waals surface area contributed by atoms with Crippen LogP contribution in [0.1, 0.15) is 54.1 Å². The largest absolute Gasteiger partial charge is 0.396 e. The highest BCUT2D eigenvalue weighted by atomic mass is 32.1. The van der Waals surface area contributed by atoms with E-state index >= 15 is 0 Å². The molecule has 0 saturated heterocycles. The van der Waals surface area contributed by atoms with Crippen LogP contribution in [0.5, 0.6) is 0 Å². The van der Waals surface area contributed by atoms with Crippen molar-refractivity contribution < 1.29 is 5.11 Å². The normalized spacial score (nSPS) is 40.0. The third-order valence-corrected chi connectivity index (χ3v) is 7.19. The fourth-order valence-electron chi connectivity index (χ4n) is 5.36. The molecule has 1 N–H and O–H groups in total. The summed E-state index contributed by atoms with van der Waals surface area (Å²) in [6.07, 6.45) is 9.45. The zero-order valence-electron chi connectivity index (χ0n) is 11.7. The van der Waals surface area contributed by atoms with E-state index in [4.69, 9.17) is 10.1 Å². The van der Waals surface area contributed by atoms with Gasteiger partial charge in [0, 0.05) is 23.3 Å². The van der Waals surface area contributed by atoms with E-state index < -0.39 is 0 Å². The third-order valence-electron chi connectivity index (χ3n) is 5.72. The molecular formula is C16H23NOS. The van der Waals surface area contributed by atoms with Crippen molar-refractivity contribution in [3.8, 4) is 0 Å². The van der Waals surface area contributed by atoms with Gasteiger partial charge in [-0.15, -0.1) is 11.3 Å². The first-order valence-corrected chi connectivity index (χ1v) is 8.58. The summed E-state index contributed by atoms with van der Waals surface area (Å²) in [4.78, 5) is 6.24. The van der Waals surface area contributed by atoms with Crippen molar-refractivity contribution in [1.82, 2.24) is 4.98 Å². The van der Waals surface area contributed by atoms with Gasteiger partial charge in [-0.2, -0.15) is 0 Å². The van der Waals surface area contributed by atoms with Crippen LogP contribution in [0, 0.1) is 24.7 Å². The smallest absolute Gasteiger partial charge is 0.0993 e. The van der Waals surface area contributed by atoms with Crippen molar-refractivity contribution in [2.45, 2.75) is 57.3 Å². The van der Waals surface area contributed by atoms with Crippen LogP contribution in [0.3, 0.4) is 0 Å². The topological polar surface area (TPSA) is 33.1 Å². The predicted molar refractivity (Wildman–Crippen MR) is 77.5 cm³/mol. The lowest BCUT2D eigenvalue weighted by Gasteiger charge is -2.56. The molecule has 4 fully saturated rings. The molecule has 0 aromatic carbocycles. The van der Waals surface area contributed by atoms with E-state index in [0.29, 0.717) is 5.41 Å². The minimum absolute atomic E-state index is 0.253. The Hall–Kier alpha value is -0.410. The number of aliphatic hydroxyl groups is 1. The number of aryl methyl sites for hydroxylation is 1. The molecule has 0 unspecified atom stereocenters. The molecule has 0 radical (unpaired) electrons. The first kappa shape index (κ1) is 12.3. The Balaban J connectivity index is 1.69. The van der Waals surface area contributed by atoms with Crippen LogP contribution in [0.2, 0.25) is 0 Å². The van der Waals surface area contributed by atoms with Crippen molar-refractivity contribution in [3.63, 3.8) is 0 Å². The molecule has 19 heavy (non-hydrogen) atoms. The summed E-state index contributed by atoms with van der Waals surface area (Å²) in [5.74, 6) is 2.95. The third kappa shape index (κ3) is 1.89. The molecule has 4 aliphatic carbocycles. The lowest BCUT2D eigenvalue weighted by molar-refractivity contribution is -0.00531. The van der Waals surface area contributed by atoms with Crippen molar-refractivity contribution in [2.24, 2.45) is 17.8 Å². The van der Waals surface area contributed by atoms with Gasteiger partial charge in [0.25, 0.3) is 0 Å². The highest BCUT2D eigenvalue weighted by Gasteiger charge is 2.53. The van der Waals surface area contributed by atoms with E-state index in [9.17, 15) is 0 Å². The minimum atomic E-state index is 0.253. The molecule has 104 valence electrons. The second kappa shape index (κ2) is 4.29. The summed E-state index contributed by atoms with van der Waals surface area (Å²) in [6.45, 7) is 2.37. The summed E-state index contributed by atoms with van der Waals surface area (Å²) in [5, 5.41) is 10.6. The summed E-state index contributed by atoms with van der Waals surface area (Å²) in [7, 11) is 0. The molecule has 0 aliphatic heterocycles. The predicted octanol–water partition coefficient (Wildman–Crippen LogP) is 3.45. The van der Waals surface area contributed by atoms with Crippen molar-refractivity contribution in [1.29, 1.82) is 0 Å². The fourth-order valence-corrected chi connectivity index (χ4v) is 6.63. The molecule has 5 rings (SSSR count). The van der Waals surface area contributed by atoms with Gasteiger partial charge in [0.2, 0.25) is 0 Å².